The van der Waals surface area contributed by atoms with Crippen molar-refractivity contribution in [1.29, 1.82) is 0 Å². The number of nitrogens with zero attached hydrogens (tertiary/aromatic N) is 1. The van der Waals surface area contributed by atoms with E-state index in [1.165, 1.54) is 38.4 Å². The van der Waals surface area contributed by atoms with Crippen molar-refractivity contribution in [2.24, 2.45) is 0 Å². The van der Waals surface area contributed by atoms with Gasteiger partial charge in [-0.25, -0.2) is 0 Å². The van der Waals surface area contributed by atoms with Crippen molar-refractivity contribution in [3.05, 3.63) is 28.2 Å². The maximum Gasteiger partial charge on any atom is 0.294 e. The third-order valence-corrected chi connectivity index (χ3v) is 6.13. The van der Waals surface area contributed by atoms with Crippen LogP contribution in [0, 0.1) is 0 Å². The Balaban J connectivity index is 1.75. The number of hydrogen-bond donors (Lipinski definition) is 1. The van der Waals surface area contributed by atoms with Crippen LogP contribution < -0.4 is 0 Å². The summed E-state index contributed by atoms with van der Waals surface area (Å²) in [5, 5.41) is 0. The van der Waals surface area contributed by atoms with Crippen LogP contribution in [0.3, 0.4) is 0 Å². The lowest BCUT2D eigenvalue weighted by Crippen LogP contribution is -2.46. The van der Waals surface area contributed by atoms with E-state index >= 15 is 0 Å². The third-order valence-electron chi connectivity index (χ3n) is 4.71. The lowest BCUT2D eigenvalue weighted by molar-refractivity contribution is 0.0880. The van der Waals surface area contributed by atoms with Crippen molar-refractivity contribution in [2.45, 2.75) is 49.0 Å². The molecule has 1 aliphatic heterocycles. The fourth-order valence-corrected chi connectivity index (χ4v) is 4.64. The molecule has 0 unspecified atom stereocenters. The molecule has 0 bridgehead atoms. The minimum atomic E-state index is -4.15. The first-order valence-electron chi connectivity index (χ1n) is 7.46. The third kappa shape index (κ3) is 3.33. The van der Waals surface area contributed by atoms with E-state index in [2.05, 4.69) is 20.8 Å². The summed E-state index contributed by atoms with van der Waals surface area (Å²) in [5.74, 6) is 0.228. The zero-order valence-electron chi connectivity index (χ0n) is 11.8. The van der Waals surface area contributed by atoms with Gasteiger partial charge in [0.1, 0.15) is 0 Å². The van der Waals surface area contributed by atoms with E-state index in [9.17, 15) is 13.0 Å². The van der Waals surface area contributed by atoms with Crippen LogP contribution in [0.25, 0.3) is 0 Å². The second-order valence-corrected chi connectivity index (χ2v) is 8.38. The standard InChI is InChI=1S/C15H20BrNO3S/c16-12-4-5-15(21(18,19)20)14(10-12)11-8-13(9-11)17-6-2-1-3-7-17/h4-5,10-11,13H,1-3,6-9H2,(H,18,19,20)/t11-,13+. The summed E-state index contributed by atoms with van der Waals surface area (Å²) in [7, 11) is -4.15. The summed E-state index contributed by atoms with van der Waals surface area (Å²) in [6.45, 7) is 2.34. The predicted octanol–water partition coefficient (Wildman–Crippen LogP) is 3.43. The highest BCUT2D eigenvalue weighted by molar-refractivity contribution is 9.10. The molecule has 1 aromatic rings. The summed E-state index contributed by atoms with van der Waals surface area (Å²) < 4.78 is 33.3. The molecule has 1 saturated carbocycles. The van der Waals surface area contributed by atoms with E-state index < -0.39 is 10.1 Å². The summed E-state index contributed by atoms with van der Waals surface area (Å²) in [5.41, 5.74) is 0.750. The smallest absolute Gasteiger partial charge is 0.294 e. The van der Waals surface area contributed by atoms with Crippen LogP contribution in [0.2, 0.25) is 0 Å². The van der Waals surface area contributed by atoms with Gasteiger partial charge in [-0.3, -0.25) is 4.55 Å². The Bertz CT molecular complexity index is 620. The number of benzene rings is 1. The maximum absolute atomic E-state index is 11.5. The summed E-state index contributed by atoms with van der Waals surface area (Å²) in [4.78, 5) is 2.60. The molecule has 0 radical (unpaired) electrons. The molecule has 2 fully saturated rings. The Morgan fingerprint density at radius 1 is 1.14 bits per heavy atom. The maximum atomic E-state index is 11.5. The molecule has 2 aliphatic rings. The van der Waals surface area contributed by atoms with Gasteiger partial charge in [-0.15, -0.1) is 0 Å². The van der Waals surface area contributed by atoms with Gasteiger partial charge in [0.2, 0.25) is 0 Å². The van der Waals surface area contributed by atoms with Crippen molar-refractivity contribution >= 4 is 26.0 Å². The second-order valence-electron chi connectivity index (χ2n) is 6.08. The van der Waals surface area contributed by atoms with Gasteiger partial charge in [0.05, 0.1) is 4.90 Å². The van der Waals surface area contributed by atoms with Gasteiger partial charge in [-0.05, 0) is 68.5 Å². The monoisotopic (exact) mass is 373 g/mol. The van der Waals surface area contributed by atoms with Crippen LogP contribution in [-0.4, -0.2) is 37.0 Å². The van der Waals surface area contributed by atoms with Crippen molar-refractivity contribution in [1.82, 2.24) is 4.90 Å². The summed E-state index contributed by atoms with van der Waals surface area (Å²) in [6, 6.07) is 5.56. The Morgan fingerprint density at radius 2 is 1.81 bits per heavy atom. The average Bonchev–Trinajstić information content (AvgIpc) is 2.37. The first kappa shape index (κ1) is 15.5. The molecule has 6 heteroatoms. The summed E-state index contributed by atoms with van der Waals surface area (Å²) >= 11 is 3.39. The van der Waals surface area contributed by atoms with Crippen molar-refractivity contribution < 1.29 is 13.0 Å². The van der Waals surface area contributed by atoms with Crippen LogP contribution in [-0.2, 0) is 10.1 Å². The van der Waals surface area contributed by atoms with E-state index in [1.807, 2.05) is 6.07 Å². The lowest BCUT2D eigenvalue weighted by atomic mass is 9.74. The van der Waals surface area contributed by atoms with E-state index in [0.717, 1.165) is 22.9 Å². The Kier molecular flexibility index (Phi) is 4.41. The lowest BCUT2D eigenvalue weighted by Gasteiger charge is -2.45. The van der Waals surface area contributed by atoms with Gasteiger partial charge in [0.25, 0.3) is 10.1 Å². The molecule has 1 heterocycles. The van der Waals surface area contributed by atoms with Gasteiger partial charge < -0.3 is 4.90 Å². The van der Waals surface area contributed by atoms with Crippen LogP contribution in [0.15, 0.2) is 27.6 Å². The number of rotatable bonds is 3. The van der Waals surface area contributed by atoms with Crippen molar-refractivity contribution in [3.63, 3.8) is 0 Å². The highest BCUT2D eigenvalue weighted by Crippen LogP contribution is 2.43. The topological polar surface area (TPSA) is 57.6 Å². The molecule has 1 N–H and O–H groups in total. The average molecular weight is 374 g/mol. The minimum absolute atomic E-state index is 0.0628. The first-order chi connectivity index (χ1) is 9.95. The molecule has 0 spiro atoms. The first-order valence-corrected chi connectivity index (χ1v) is 9.69. The Labute approximate surface area is 134 Å². The number of piperidine rings is 1. The molecule has 1 aromatic carbocycles. The van der Waals surface area contributed by atoms with Crippen molar-refractivity contribution in [3.8, 4) is 0 Å². The molecule has 21 heavy (non-hydrogen) atoms. The van der Waals surface area contributed by atoms with Crippen LogP contribution in [0.4, 0.5) is 0 Å². The molecule has 0 amide bonds. The van der Waals surface area contributed by atoms with Crippen LogP contribution in [0.1, 0.15) is 43.6 Å². The molecule has 4 nitrogen and oxygen atoms in total. The molecule has 1 aliphatic carbocycles. The fourth-order valence-electron chi connectivity index (χ4n) is 3.50. The zero-order chi connectivity index (χ0) is 15.0. The normalized spacial score (nSPS) is 27.3. The predicted molar refractivity (Wildman–Crippen MR) is 85.1 cm³/mol. The Hall–Kier alpha value is -0.430. The molecular weight excluding hydrogens is 354 g/mol. The SMILES string of the molecule is O=S(=O)(O)c1ccc(Br)cc1[C@H]1C[C@@H](N2CCCCC2)C1. The van der Waals surface area contributed by atoms with Gasteiger partial charge in [0, 0.05) is 10.5 Å². The molecular formula is C15H20BrNO3S. The van der Waals surface area contributed by atoms with Gasteiger partial charge in [0.15, 0.2) is 0 Å². The highest BCUT2D eigenvalue weighted by atomic mass is 79.9. The Morgan fingerprint density at radius 3 is 2.43 bits per heavy atom. The molecule has 1 saturated heterocycles. The largest absolute Gasteiger partial charge is 0.300 e. The van der Waals surface area contributed by atoms with Crippen LogP contribution >= 0.6 is 15.9 Å². The van der Waals surface area contributed by atoms with E-state index in [-0.39, 0.29) is 10.8 Å². The molecule has 3 rings (SSSR count). The van der Waals surface area contributed by atoms with Gasteiger partial charge in [-0.1, -0.05) is 22.4 Å². The minimum Gasteiger partial charge on any atom is -0.300 e. The molecule has 116 valence electrons. The fraction of sp³-hybridized carbons (Fsp3) is 0.600. The van der Waals surface area contributed by atoms with Gasteiger partial charge in [-0.2, -0.15) is 8.42 Å². The highest BCUT2D eigenvalue weighted by Gasteiger charge is 2.37. The number of likely N-dealkylation sites (tertiary alicyclic amines) is 1. The van der Waals surface area contributed by atoms with Gasteiger partial charge >= 0.3 is 0 Å². The molecule has 0 atom stereocenters. The number of halogens is 1. The van der Waals surface area contributed by atoms with E-state index in [1.54, 1.807) is 6.07 Å². The molecule has 0 aromatic heterocycles. The number of hydrogen-bond acceptors (Lipinski definition) is 3. The summed E-state index contributed by atoms with van der Waals surface area (Å²) in [6.07, 6.45) is 5.84. The quantitative estimate of drug-likeness (QED) is 0.824. The second kappa shape index (κ2) is 5.99. The van der Waals surface area contributed by atoms with E-state index in [0.29, 0.717) is 6.04 Å². The van der Waals surface area contributed by atoms with Crippen molar-refractivity contribution in [2.75, 3.05) is 13.1 Å². The van der Waals surface area contributed by atoms with E-state index in [4.69, 9.17) is 0 Å². The zero-order valence-corrected chi connectivity index (χ0v) is 14.2. The van der Waals surface area contributed by atoms with Crippen LogP contribution in [0.5, 0.6) is 0 Å².